The third kappa shape index (κ3) is 3.75. The third-order valence-corrected chi connectivity index (χ3v) is 5.32. The zero-order chi connectivity index (χ0) is 18.0. The molecular formula is C19H18BrN3OS. The Hall–Kier alpha value is -2.18. The minimum absolute atomic E-state index is 0.242. The van der Waals surface area contributed by atoms with Crippen LogP contribution in [0.1, 0.15) is 10.4 Å². The van der Waals surface area contributed by atoms with Crippen LogP contribution in [0.3, 0.4) is 0 Å². The Bertz CT molecular complexity index is 1000. The molecule has 0 unspecified atom stereocenters. The van der Waals surface area contributed by atoms with Crippen molar-refractivity contribution in [2.24, 2.45) is 4.99 Å². The van der Waals surface area contributed by atoms with Gasteiger partial charge in [-0.2, -0.15) is 4.99 Å². The van der Waals surface area contributed by atoms with Gasteiger partial charge in [-0.05, 0) is 42.5 Å². The van der Waals surface area contributed by atoms with Crippen molar-refractivity contribution < 1.29 is 4.79 Å². The highest BCUT2D eigenvalue weighted by Crippen LogP contribution is 2.22. The predicted octanol–water partition coefficient (Wildman–Crippen LogP) is 4.46. The summed E-state index contributed by atoms with van der Waals surface area (Å²) in [4.78, 5) is 19.6. The number of benzene rings is 2. The maximum absolute atomic E-state index is 12.6. The number of rotatable bonds is 4. The van der Waals surface area contributed by atoms with Crippen LogP contribution in [-0.2, 0) is 6.54 Å². The van der Waals surface area contributed by atoms with Gasteiger partial charge in [0.05, 0.1) is 10.2 Å². The molecule has 0 aliphatic rings. The molecule has 6 heteroatoms. The number of fused-ring (bicyclic) bond motifs is 1. The van der Waals surface area contributed by atoms with Crippen molar-refractivity contribution in [3.63, 3.8) is 0 Å². The number of nitrogens with zero attached hydrogens (tertiary/aromatic N) is 3. The first kappa shape index (κ1) is 17.6. The summed E-state index contributed by atoms with van der Waals surface area (Å²) in [6.45, 7) is 4.41. The van der Waals surface area contributed by atoms with Crippen molar-refractivity contribution in [3.8, 4) is 0 Å². The van der Waals surface area contributed by atoms with E-state index in [9.17, 15) is 4.79 Å². The largest absolute Gasteiger partial charge is 0.378 e. The zero-order valence-electron chi connectivity index (χ0n) is 14.1. The molecule has 0 atom stereocenters. The van der Waals surface area contributed by atoms with Crippen LogP contribution in [-0.4, -0.2) is 24.6 Å². The molecule has 128 valence electrons. The number of halogens is 1. The summed E-state index contributed by atoms with van der Waals surface area (Å²) in [5, 5.41) is 0. The van der Waals surface area contributed by atoms with E-state index in [0.29, 0.717) is 16.9 Å². The van der Waals surface area contributed by atoms with E-state index in [1.54, 1.807) is 0 Å². The lowest BCUT2D eigenvalue weighted by Crippen LogP contribution is -2.16. The van der Waals surface area contributed by atoms with Gasteiger partial charge in [0.1, 0.15) is 0 Å². The lowest BCUT2D eigenvalue weighted by Gasteiger charge is -2.11. The fourth-order valence-corrected chi connectivity index (χ4v) is 4.08. The maximum Gasteiger partial charge on any atom is 0.279 e. The second-order valence-corrected chi connectivity index (χ2v) is 7.68. The summed E-state index contributed by atoms with van der Waals surface area (Å²) < 4.78 is 4.08. The highest BCUT2D eigenvalue weighted by atomic mass is 79.9. The van der Waals surface area contributed by atoms with Gasteiger partial charge in [0.25, 0.3) is 5.91 Å². The van der Waals surface area contributed by atoms with E-state index in [0.717, 1.165) is 20.4 Å². The Morgan fingerprint density at radius 1 is 1.28 bits per heavy atom. The van der Waals surface area contributed by atoms with Crippen LogP contribution < -0.4 is 9.70 Å². The quantitative estimate of drug-likeness (QED) is 0.589. The molecule has 0 saturated carbocycles. The minimum Gasteiger partial charge on any atom is -0.378 e. The van der Waals surface area contributed by atoms with E-state index in [1.807, 2.05) is 72.1 Å². The predicted molar refractivity (Wildman–Crippen MR) is 108 cm³/mol. The van der Waals surface area contributed by atoms with Crippen LogP contribution in [0, 0.1) is 0 Å². The number of hydrogen-bond donors (Lipinski definition) is 0. The first-order valence-electron chi connectivity index (χ1n) is 7.76. The molecular weight excluding hydrogens is 398 g/mol. The number of anilines is 1. The van der Waals surface area contributed by atoms with Gasteiger partial charge in [0.15, 0.2) is 4.80 Å². The Balaban J connectivity index is 2.06. The fourth-order valence-electron chi connectivity index (χ4n) is 2.49. The van der Waals surface area contributed by atoms with E-state index >= 15 is 0 Å². The molecule has 1 aromatic heterocycles. The van der Waals surface area contributed by atoms with E-state index < -0.39 is 0 Å². The summed E-state index contributed by atoms with van der Waals surface area (Å²) in [6, 6.07) is 13.5. The second kappa shape index (κ2) is 7.37. The molecule has 0 spiro atoms. The lowest BCUT2D eigenvalue weighted by atomic mass is 10.2. The van der Waals surface area contributed by atoms with Crippen LogP contribution in [0.4, 0.5) is 5.69 Å². The molecule has 0 aliphatic heterocycles. The highest BCUT2D eigenvalue weighted by molar-refractivity contribution is 9.10. The molecule has 0 N–H and O–H groups in total. The molecule has 3 aromatic rings. The van der Waals surface area contributed by atoms with Gasteiger partial charge < -0.3 is 9.47 Å². The van der Waals surface area contributed by atoms with E-state index in [4.69, 9.17) is 0 Å². The summed E-state index contributed by atoms with van der Waals surface area (Å²) in [5.41, 5.74) is 2.67. The molecule has 1 amide bonds. The van der Waals surface area contributed by atoms with Gasteiger partial charge in [-0.1, -0.05) is 33.3 Å². The van der Waals surface area contributed by atoms with Crippen molar-refractivity contribution >= 4 is 49.1 Å². The van der Waals surface area contributed by atoms with Gasteiger partial charge in [-0.15, -0.1) is 6.58 Å². The number of amides is 1. The van der Waals surface area contributed by atoms with Crippen molar-refractivity contribution in [2.75, 3.05) is 19.0 Å². The van der Waals surface area contributed by atoms with Gasteiger partial charge in [0, 0.05) is 36.4 Å². The molecule has 2 aromatic carbocycles. The van der Waals surface area contributed by atoms with E-state index in [2.05, 4.69) is 27.5 Å². The monoisotopic (exact) mass is 415 g/mol. The van der Waals surface area contributed by atoms with Gasteiger partial charge in [-0.25, -0.2) is 0 Å². The summed E-state index contributed by atoms with van der Waals surface area (Å²) in [7, 11) is 3.93. The average molecular weight is 416 g/mol. The average Bonchev–Trinajstić information content (AvgIpc) is 2.91. The number of hydrogen-bond acceptors (Lipinski definition) is 3. The summed E-state index contributed by atoms with van der Waals surface area (Å²) in [5.74, 6) is -0.242. The third-order valence-electron chi connectivity index (χ3n) is 3.78. The number of allylic oxidation sites excluding steroid dienone is 1. The Morgan fingerprint density at radius 3 is 2.64 bits per heavy atom. The molecule has 3 rings (SSSR count). The van der Waals surface area contributed by atoms with Crippen molar-refractivity contribution in [2.45, 2.75) is 6.54 Å². The number of aromatic nitrogens is 1. The van der Waals surface area contributed by atoms with E-state index in [-0.39, 0.29) is 5.91 Å². The molecule has 0 fully saturated rings. The molecule has 0 radical (unpaired) electrons. The molecule has 25 heavy (non-hydrogen) atoms. The van der Waals surface area contributed by atoms with Crippen LogP contribution in [0.25, 0.3) is 10.2 Å². The Kier molecular flexibility index (Phi) is 5.20. The van der Waals surface area contributed by atoms with Crippen LogP contribution >= 0.6 is 27.3 Å². The summed E-state index contributed by atoms with van der Waals surface area (Å²) in [6.07, 6.45) is 1.81. The van der Waals surface area contributed by atoms with Crippen LogP contribution in [0.5, 0.6) is 0 Å². The van der Waals surface area contributed by atoms with Crippen molar-refractivity contribution in [1.29, 1.82) is 0 Å². The highest BCUT2D eigenvalue weighted by Gasteiger charge is 2.09. The molecule has 0 bridgehead atoms. The number of carbonyl (C=O) groups excluding carboxylic acids is 1. The minimum atomic E-state index is -0.242. The van der Waals surface area contributed by atoms with Gasteiger partial charge in [0.2, 0.25) is 0 Å². The SMILES string of the molecule is C=CCn1c(=NC(=O)c2ccc(N(C)C)cc2)sc2cc(Br)ccc21. The normalized spacial score (nSPS) is 11.7. The molecule has 0 saturated heterocycles. The Morgan fingerprint density at radius 2 is 2.00 bits per heavy atom. The smallest absolute Gasteiger partial charge is 0.279 e. The van der Waals surface area contributed by atoms with Crippen LogP contribution in [0.2, 0.25) is 0 Å². The van der Waals surface area contributed by atoms with Gasteiger partial charge >= 0.3 is 0 Å². The standard InChI is InChI=1S/C19H18BrN3OS/c1-4-11-23-16-10-7-14(20)12-17(16)25-19(23)21-18(24)13-5-8-15(9-6-13)22(2)3/h4-10,12H,1,11H2,2-3H3. The first-order chi connectivity index (χ1) is 12.0. The van der Waals surface area contributed by atoms with Crippen LogP contribution in [0.15, 0.2) is 64.6 Å². The van der Waals surface area contributed by atoms with Crippen molar-refractivity contribution in [1.82, 2.24) is 4.57 Å². The lowest BCUT2D eigenvalue weighted by molar-refractivity contribution is 0.0998. The van der Waals surface area contributed by atoms with E-state index in [1.165, 1.54) is 11.3 Å². The Labute approximate surface area is 158 Å². The maximum atomic E-state index is 12.6. The summed E-state index contributed by atoms with van der Waals surface area (Å²) >= 11 is 4.99. The first-order valence-corrected chi connectivity index (χ1v) is 9.37. The van der Waals surface area contributed by atoms with Crippen molar-refractivity contribution in [3.05, 3.63) is 70.0 Å². The van der Waals surface area contributed by atoms with Gasteiger partial charge in [-0.3, -0.25) is 4.79 Å². The second-order valence-electron chi connectivity index (χ2n) is 5.75. The number of carbonyl (C=O) groups is 1. The fraction of sp³-hybridized carbons (Fsp3) is 0.158. The molecule has 0 aliphatic carbocycles. The zero-order valence-corrected chi connectivity index (χ0v) is 16.5. The number of thiazole rings is 1. The molecule has 1 heterocycles. The molecule has 4 nitrogen and oxygen atoms in total. The topological polar surface area (TPSA) is 37.6 Å².